The number of aliphatic carboxylic acids is 1. The van der Waals surface area contributed by atoms with Crippen LogP contribution in [0.3, 0.4) is 0 Å². The number of carboxylic acid groups (broad SMARTS) is 1. The van der Waals surface area contributed by atoms with E-state index in [2.05, 4.69) is 0 Å². The van der Waals surface area contributed by atoms with Gasteiger partial charge in [-0.15, -0.1) is 0 Å². The summed E-state index contributed by atoms with van der Waals surface area (Å²) in [5.74, 6) is -1.06. The Morgan fingerprint density at radius 1 is 1.64 bits per heavy atom. The molecule has 0 aromatic rings. The van der Waals surface area contributed by atoms with E-state index >= 15 is 0 Å². The van der Waals surface area contributed by atoms with Crippen LogP contribution in [0.5, 0.6) is 0 Å². The molecule has 1 unspecified atom stereocenters. The van der Waals surface area contributed by atoms with Crippen molar-refractivity contribution in [2.75, 3.05) is 7.11 Å². The first-order valence-electron chi connectivity index (χ1n) is 3.05. The van der Waals surface area contributed by atoms with E-state index in [0.29, 0.717) is 6.29 Å². The first-order chi connectivity index (χ1) is 5.18. The molecular formula is C6H13NO4. The van der Waals surface area contributed by atoms with Crippen LogP contribution in [0, 0.1) is 0 Å². The summed E-state index contributed by atoms with van der Waals surface area (Å²) in [6, 6.07) is -0.893. The highest BCUT2D eigenvalue weighted by molar-refractivity contribution is 5.73. The van der Waals surface area contributed by atoms with Gasteiger partial charge in [0, 0.05) is 13.5 Å². The van der Waals surface area contributed by atoms with Gasteiger partial charge in [0.15, 0.2) is 0 Å². The number of nitrogens with two attached hydrogens (primary N) is 1. The van der Waals surface area contributed by atoms with Crippen molar-refractivity contribution in [1.29, 1.82) is 0 Å². The average Bonchev–Trinajstić information content (AvgIpc) is 2.03. The number of rotatable bonds is 4. The van der Waals surface area contributed by atoms with Gasteiger partial charge in [0.1, 0.15) is 12.3 Å². The zero-order chi connectivity index (χ0) is 9.28. The summed E-state index contributed by atoms with van der Waals surface area (Å²) < 4.78 is 0. The van der Waals surface area contributed by atoms with Gasteiger partial charge in [0.05, 0.1) is 0 Å². The summed E-state index contributed by atoms with van der Waals surface area (Å²) in [7, 11) is 1.00. The van der Waals surface area contributed by atoms with Crippen LogP contribution >= 0.6 is 0 Å². The zero-order valence-electron chi connectivity index (χ0n) is 6.36. The number of hydrogen-bond acceptors (Lipinski definition) is 4. The summed E-state index contributed by atoms with van der Waals surface area (Å²) in [5, 5.41) is 15.2. The number of carbonyl (C=O) groups excluding carboxylic acids is 1. The van der Waals surface area contributed by atoms with Crippen LogP contribution in [0.25, 0.3) is 0 Å². The minimum atomic E-state index is -1.06. The predicted octanol–water partition coefficient (Wildman–Crippen LogP) is -1.01. The molecule has 0 amide bonds. The Morgan fingerprint density at radius 3 is 2.36 bits per heavy atom. The van der Waals surface area contributed by atoms with Crippen LogP contribution in [-0.2, 0) is 9.59 Å². The van der Waals surface area contributed by atoms with Crippen LogP contribution in [-0.4, -0.2) is 35.6 Å². The smallest absolute Gasteiger partial charge is 0.320 e. The van der Waals surface area contributed by atoms with Gasteiger partial charge in [-0.1, -0.05) is 0 Å². The third kappa shape index (κ3) is 9.06. The number of aliphatic hydroxyl groups is 1. The Kier molecular flexibility index (Phi) is 10.5. The van der Waals surface area contributed by atoms with Gasteiger partial charge in [-0.2, -0.15) is 0 Å². The third-order valence-electron chi connectivity index (χ3n) is 0.913. The molecule has 1 atom stereocenters. The van der Waals surface area contributed by atoms with E-state index in [-0.39, 0.29) is 12.8 Å². The SMILES string of the molecule is CO.NC(CCC=O)C(=O)O. The molecule has 0 heterocycles. The van der Waals surface area contributed by atoms with Gasteiger partial charge in [0.2, 0.25) is 0 Å². The first-order valence-corrected chi connectivity index (χ1v) is 3.05. The highest BCUT2D eigenvalue weighted by Crippen LogP contribution is 1.90. The lowest BCUT2D eigenvalue weighted by Crippen LogP contribution is -2.29. The lowest BCUT2D eigenvalue weighted by molar-refractivity contribution is -0.138. The van der Waals surface area contributed by atoms with E-state index in [1.165, 1.54) is 0 Å². The van der Waals surface area contributed by atoms with Gasteiger partial charge < -0.3 is 20.7 Å². The largest absolute Gasteiger partial charge is 0.480 e. The Labute approximate surface area is 64.8 Å². The van der Waals surface area contributed by atoms with Crippen LogP contribution in [0.2, 0.25) is 0 Å². The van der Waals surface area contributed by atoms with Gasteiger partial charge in [-0.05, 0) is 6.42 Å². The van der Waals surface area contributed by atoms with Crippen molar-refractivity contribution < 1.29 is 19.8 Å². The van der Waals surface area contributed by atoms with Crippen molar-refractivity contribution in [3.05, 3.63) is 0 Å². The number of hydrogen-bond donors (Lipinski definition) is 3. The number of aldehydes is 1. The highest BCUT2D eigenvalue weighted by atomic mass is 16.4. The lowest BCUT2D eigenvalue weighted by atomic mass is 10.2. The molecule has 0 aromatic carbocycles. The standard InChI is InChI=1S/C5H9NO3.CH4O/c6-4(5(8)9)2-1-3-7;1-2/h3-4H,1-2,6H2,(H,8,9);2H,1H3. The fourth-order valence-electron chi connectivity index (χ4n) is 0.371. The summed E-state index contributed by atoms with van der Waals surface area (Å²) in [5.41, 5.74) is 5.04. The van der Waals surface area contributed by atoms with Crippen molar-refractivity contribution in [3.8, 4) is 0 Å². The molecule has 5 nitrogen and oxygen atoms in total. The van der Waals surface area contributed by atoms with Gasteiger partial charge in [0.25, 0.3) is 0 Å². The van der Waals surface area contributed by atoms with E-state index < -0.39 is 12.0 Å². The molecule has 0 saturated carbocycles. The molecule has 66 valence electrons. The van der Waals surface area contributed by atoms with Gasteiger partial charge in [-0.3, -0.25) is 4.79 Å². The Morgan fingerprint density at radius 2 is 2.09 bits per heavy atom. The molecule has 0 saturated heterocycles. The maximum Gasteiger partial charge on any atom is 0.320 e. The van der Waals surface area contributed by atoms with E-state index in [0.717, 1.165) is 7.11 Å². The quantitative estimate of drug-likeness (QED) is 0.461. The van der Waals surface area contributed by atoms with Crippen molar-refractivity contribution in [3.63, 3.8) is 0 Å². The molecule has 0 spiro atoms. The second-order valence-corrected chi connectivity index (χ2v) is 1.69. The highest BCUT2D eigenvalue weighted by Gasteiger charge is 2.08. The third-order valence-corrected chi connectivity index (χ3v) is 0.913. The Balaban J connectivity index is 0. The fourth-order valence-corrected chi connectivity index (χ4v) is 0.371. The molecule has 0 bridgehead atoms. The number of carboxylic acids is 1. The summed E-state index contributed by atoms with van der Waals surface area (Å²) in [6.07, 6.45) is 1.09. The molecular weight excluding hydrogens is 150 g/mol. The predicted molar refractivity (Wildman–Crippen MR) is 39.1 cm³/mol. The second kappa shape index (κ2) is 9.06. The Bertz CT molecular complexity index is 115. The number of carbonyl (C=O) groups is 2. The molecule has 0 radical (unpaired) electrons. The monoisotopic (exact) mass is 163 g/mol. The summed E-state index contributed by atoms with van der Waals surface area (Å²) >= 11 is 0. The molecule has 5 heteroatoms. The van der Waals surface area contributed by atoms with Crippen LogP contribution in [0.15, 0.2) is 0 Å². The maximum atomic E-state index is 9.96. The van der Waals surface area contributed by atoms with Crippen LogP contribution in [0.4, 0.5) is 0 Å². The van der Waals surface area contributed by atoms with Crippen molar-refractivity contribution in [1.82, 2.24) is 0 Å². The second-order valence-electron chi connectivity index (χ2n) is 1.69. The van der Waals surface area contributed by atoms with E-state index in [4.69, 9.17) is 15.9 Å². The summed E-state index contributed by atoms with van der Waals surface area (Å²) in [6.45, 7) is 0. The molecule has 0 fully saturated rings. The van der Waals surface area contributed by atoms with Crippen LogP contribution < -0.4 is 5.73 Å². The van der Waals surface area contributed by atoms with E-state index in [1.807, 2.05) is 0 Å². The van der Waals surface area contributed by atoms with Gasteiger partial charge in [-0.25, -0.2) is 0 Å². The number of aliphatic hydroxyl groups excluding tert-OH is 1. The molecule has 0 aliphatic rings. The van der Waals surface area contributed by atoms with E-state index in [1.54, 1.807) is 0 Å². The lowest BCUT2D eigenvalue weighted by Gasteiger charge is -2.00. The van der Waals surface area contributed by atoms with Crippen molar-refractivity contribution >= 4 is 12.3 Å². The molecule has 0 aliphatic carbocycles. The normalized spacial score (nSPS) is 10.8. The maximum absolute atomic E-state index is 9.96. The van der Waals surface area contributed by atoms with Crippen molar-refractivity contribution in [2.24, 2.45) is 5.73 Å². The first kappa shape index (κ1) is 12.7. The molecule has 11 heavy (non-hydrogen) atoms. The molecule has 4 N–H and O–H groups in total. The molecule has 0 aromatic heterocycles. The molecule has 0 aliphatic heterocycles. The average molecular weight is 163 g/mol. The Hall–Kier alpha value is -0.940. The van der Waals surface area contributed by atoms with Crippen molar-refractivity contribution in [2.45, 2.75) is 18.9 Å². The zero-order valence-corrected chi connectivity index (χ0v) is 6.36. The van der Waals surface area contributed by atoms with Crippen LogP contribution in [0.1, 0.15) is 12.8 Å². The molecule has 0 rings (SSSR count). The summed E-state index contributed by atoms with van der Waals surface area (Å²) in [4.78, 5) is 19.6. The van der Waals surface area contributed by atoms with E-state index in [9.17, 15) is 9.59 Å². The topological polar surface area (TPSA) is 101 Å². The van der Waals surface area contributed by atoms with Gasteiger partial charge >= 0.3 is 5.97 Å². The fraction of sp³-hybridized carbons (Fsp3) is 0.667. The minimum absolute atomic E-state index is 0.216. The minimum Gasteiger partial charge on any atom is -0.480 e.